The fraction of sp³-hybridized carbons (Fsp3) is 0.938. The van der Waals surface area contributed by atoms with Gasteiger partial charge in [0.15, 0.2) is 12.5 Å². The lowest BCUT2D eigenvalue weighted by molar-refractivity contribution is -0.347. The molecule has 2 rings (SSSR count). The first-order valence-electron chi connectivity index (χ1n) is 9.64. The molecular weight excluding hydrogens is 462 g/mol. The van der Waals surface area contributed by atoms with Crippen LogP contribution in [-0.4, -0.2) is 146 Å². The van der Waals surface area contributed by atoms with Gasteiger partial charge in [0.1, 0.15) is 48.8 Å². The summed E-state index contributed by atoms with van der Waals surface area (Å²) >= 11 is 5.51. The smallest absolute Gasteiger partial charge is 0.344 e. The van der Waals surface area contributed by atoms with Crippen LogP contribution in [0.25, 0.3) is 0 Å². The largest absolute Gasteiger partial charge is 0.394 e. The molecule has 0 saturated carbocycles. The molecule has 2 aliphatic heterocycles. The molecule has 0 radical (unpaired) electrons. The minimum absolute atomic E-state index is 0.101. The van der Waals surface area contributed by atoms with E-state index in [-0.39, 0.29) is 12.4 Å². The Balaban J connectivity index is 2.16. The molecule has 15 nitrogen and oxygen atoms in total. The molecule has 0 aromatic rings. The topological polar surface area (TPSA) is 222 Å². The highest BCUT2D eigenvalue weighted by atomic mass is 35.5. The van der Waals surface area contributed by atoms with Gasteiger partial charge in [0.2, 0.25) is 0 Å². The van der Waals surface area contributed by atoms with Gasteiger partial charge in [-0.15, -0.1) is 16.5 Å². The second kappa shape index (κ2) is 11.8. The number of hydrogen-bond acceptors (Lipinski definition) is 13. The van der Waals surface area contributed by atoms with Gasteiger partial charge in [-0.05, 0) is 0 Å². The van der Waals surface area contributed by atoms with E-state index < -0.39 is 80.6 Å². The average Bonchev–Trinajstić information content (AvgIpc) is 2.79. The van der Waals surface area contributed by atoms with Crippen LogP contribution >= 0.6 is 11.6 Å². The number of nitroso groups, excluding NO2 is 1. The van der Waals surface area contributed by atoms with Crippen molar-refractivity contribution in [1.29, 1.82) is 0 Å². The van der Waals surface area contributed by atoms with Crippen molar-refractivity contribution in [3.05, 3.63) is 4.91 Å². The Morgan fingerprint density at radius 1 is 0.969 bits per heavy atom. The number of amides is 2. The van der Waals surface area contributed by atoms with Crippen LogP contribution in [0.1, 0.15) is 0 Å². The third kappa shape index (κ3) is 5.45. The molecule has 0 aromatic heterocycles. The summed E-state index contributed by atoms with van der Waals surface area (Å²) in [6.07, 6.45) is -16.2. The Morgan fingerprint density at radius 2 is 1.59 bits per heavy atom. The third-order valence-electron chi connectivity index (χ3n) is 5.28. The van der Waals surface area contributed by atoms with E-state index in [2.05, 4.69) is 5.29 Å². The highest BCUT2D eigenvalue weighted by Gasteiger charge is 2.51. The van der Waals surface area contributed by atoms with E-state index in [1.807, 2.05) is 0 Å². The monoisotopic (exact) mass is 489 g/mol. The summed E-state index contributed by atoms with van der Waals surface area (Å²) in [6, 6.07) is -0.998. The molecule has 0 spiro atoms. The number of alkyl halides is 1. The maximum atomic E-state index is 12.4. The van der Waals surface area contributed by atoms with Gasteiger partial charge in [0.25, 0.3) is 0 Å². The maximum absolute atomic E-state index is 12.4. The quantitative estimate of drug-likeness (QED) is 0.0981. The summed E-state index contributed by atoms with van der Waals surface area (Å²) in [5.41, 5.74) is 0. The first-order valence-corrected chi connectivity index (χ1v) is 10.2. The van der Waals surface area contributed by atoms with Crippen LogP contribution in [0.4, 0.5) is 4.79 Å². The molecule has 32 heavy (non-hydrogen) atoms. The molecule has 186 valence electrons. The molecule has 16 heteroatoms. The SMILES string of the molecule is CN(C(=O)N(CCCl)N=O)C1O[C@H](CO)[C@@H](O[C@H]2O[C@H](CO)[C@@H](O)[C@H](O)[C@H]2O)[C@H](O)[C@H]1O. The molecule has 0 aliphatic carbocycles. The van der Waals surface area contributed by atoms with Crippen molar-refractivity contribution >= 4 is 17.6 Å². The molecule has 0 aromatic carbocycles. The van der Waals surface area contributed by atoms with Gasteiger partial charge >= 0.3 is 6.03 Å². The number of carbonyl (C=O) groups excluding carboxylic acids is 1. The molecule has 0 bridgehead atoms. The summed E-state index contributed by atoms with van der Waals surface area (Å²) in [4.78, 5) is 24.0. The number of halogens is 1. The van der Waals surface area contributed by atoms with Crippen LogP contribution < -0.4 is 0 Å². The lowest BCUT2D eigenvalue weighted by Crippen LogP contribution is -2.67. The summed E-state index contributed by atoms with van der Waals surface area (Å²) in [5.74, 6) is -0.101. The number of ether oxygens (including phenoxy) is 3. The minimum Gasteiger partial charge on any atom is -0.394 e. The van der Waals surface area contributed by atoms with E-state index in [4.69, 9.17) is 25.8 Å². The molecule has 10 atom stereocenters. The minimum atomic E-state index is -1.81. The molecule has 2 saturated heterocycles. The standard InChI is InChI=1S/C16H28ClN3O12/c1-19(16(28)20(18-29)3-2-17)14-11(26)10(25)13(7(5-22)30-14)32-15-12(27)9(24)8(23)6(4-21)31-15/h6-15,21-27H,2-5H2,1H3/t6-,7-,8-,9+,10-,11-,12-,13-,14?,15-/m1/s1. The predicted molar refractivity (Wildman–Crippen MR) is 103 cm³/mol. The molecule has 2 fully saturated rings. The van der Waals surface area contributed by atoms with E-state index in [9.17, 15) is 45.4 Å². The number of likely N-dealkylation sites (N-methyl/N-ethyl adjacent to an activating group) is 1. The van der Waals surface area contributed by atoms with Crippen molar-refractivity contribution in [3.63, 3.8) is 0 Å². The first kappa shape index (κ1) is 27.0. The Kier molecular flexibility index (Phi) is 9.92. The second-order valence-electron chi connectivity index (χ2n) is 7.31. The van der Waals surface area contributed by atoms with E-state index in [0.29, 0.717) is 5.01 Å². The second-order valence-corrected chi connectivity index (χ2v) is 7.69. The third-order valence-corrected chi connectivity index (χ3v) is 5.45. The van der Waals surface area contributed by atoms with Crippen molar-refractivity contribution in [2.45, 2.75) is 61.3 Å². The summed E-state index contributed by atoms with van der Waals surface area (Å²) in [7, 11) is 1.16. The highest BCUT2D eigenvalue weighted by molar-refractivity contribution is 6.18. The number of rotatable bonds is 8. The van der Waals surface area contributed by atoms with Gasteiger partial charge in [-0.3, -0.25) is 4.90 Å². The van der Waals surface area contributed by atoms with Gasteiger partial charge in [-0.25, -0.2) is 4.79 Å². The Bertz CT molecular complexity index is 631. The van der Waals surface area contributed by atoms with Gasteiger partial charge in [-0.2, -0.15) is 5.01 Å². The lowest BCUT2D eigenvalue weighted by atomic mass is 9.96. The lowest BCUT2D eigenvalue weighted by Gasteiger charge is -2.47. The first-order chi connectivity index (χ1) is 15.1. The molecule has 1 unspecified atom stereocenters. The maximum Gasteiger partial charge on any atom is 0.344 e. The number of carbonyl (C=O) groups is 1. The summed E-state index contributed by atoms with van der Waals surface area (Å²) in [6.45, 7) is -1.73. The zero-order valence-corrected chi connectivity index (χ0v) is 17.7. The molecule has 7 N–H and O–H groups in total. The number of aliphatic hydroxyl groups excluding tert-OH is 7. The average molecular weight is 490 g/mol. The van der Waals surface area contributed by atoms with Gasteiger partial charge in [0, 0.05) is 12.9 Å². The fourth-order valence-electron chi connectivity index (χ4n) is 3.43. The molecule has 2 aliphatic rings. The van der Waals surface area contributed by atoms with Gasteiger partial charge in [0.05, 0.1) is 25.0 Å². The van der Waals surface area contributed by atoms with Gasteiger partial charge < -0.3 is 50.0 Å². The van der Waals surface area contributed by atoms with Crippen molar-refractivity contribution in [2.24, 2.45) is 5.29 Å². The van der Waals surface area contributed by atoms with Gasteiger partial charge in [-0.1, -0.05) is 0 Å². The Hall–Kier alpha value is -1.24. The summed E-state index contributed by atoms with van der Waals surface area (Å²) in [5, 5.41) is 72.9. The number of urea groups is 1. The van der Waals surface area contributed by atoms with Crippen LogP contribution in [0, 0.1) is 4.91 Å². The Morgan fingerprint density at radius 3 is 2.12 bits per heavy atom. The van der Waals surface area contributed by atoms with Crippen LogP contribution in [0.15, 0.2) is 5.29 Å². The van der Waals surface area contributed by atoms with Crippen molar-refractivity contribution < 1.29 is 54.8 Å². The van der Waals surface area contributed by atoms with E-state index in [1.165, 1.54) is 0 Å². The zero-order chi connectivity index (χ0) is 24.2. The number of hydrogen-bond donors (Lipinski definition) is 7. The predicted octanol–water partition coefficient (Wildman–Crippen LogP) is -4.12. The number of nitrogens with zero attached hydrogens (tertiary/aromatic N) is 3. The van der Waals surface area contributed by atoms with Crippen molar-refractivity contribution in [1.82, 2.24) is 9.91 Å². The van der Waals surface area contributed by atoms with E-state index in [0.717, 1.165) is 11.9 Å². The molecular formula is C16H28ClN3O12. The van der Waals surface area contributed by atoms with Crippen molar-refractivity contribution in [3.8, 4) is 0 Å². The van der Waals surface area contributed by atoms with Crippen LogP contribution in [0.5, 0.6) is 0 Å². The van der Waals surface area contributed by atoms with Crippen LogP contribution in [0.2, 0.25) is 0 Å². The number of aliphatic hydroxyl groups is 7. The normalized spacial score (nSPS) is 40.0. The van der Waals surface area contributed by atoms with Crippen molar-refractivity contribution in [2.75, 3.05) is 32.7 Å². The fourth-order valence-corrected chi connectivity index (χ4v) is 3.59. The zero-order valence-electron chi connectivity index (χ0n) is 17.0. The Labute approximate surface area is 187 Å². The van der Waals surface area contributed by atoms with Crippen LogP contribution in [-0.2, 0) is 14.2 Å². The summed E-state index contributed by atoms with van der Waals surface area (Å²) < 4.78 is 16.1. The van der Waals surface area contributed by atoms with E-state index in [1.54, 1.807) is 0 Å². The molecule has 2 amide bonds. The van der Waals surface area contributed by atoms with Crippen LogP contribution in [0.3, 0.4) is 0 Å². The molecule has 2 heterocycles. The highest BCUT2D eigenvalue weighted by Crippen LogP contribution is 2.30. The van der Waals surface area contributed by atoms with E-state index >= 15 is 0 Å².